The summed E-state index contributed by atoms with van der Waals surface area (Å²) in [6.07, 6.45) is 7.32. The van der Waals surface area contributed by atoms with Crippen LogP contribution in [0.1, 0.15) is 46.0 Å². The van der Waals surface area contributed by atoms with Gasteiger partial charge in [-0.15, -0.1) is 0 Å². The molecule has 1 aliphatic carbocycles. The topological polar surface area (TPSA) is 21.3 Å². The molecule has 0 aromatic carbocycles. The number of ether oxygens (including phenoxy) is 1. The van der Waals surface area contributed by atoms with Gasteiger partial charge in [-0.05, 0) is 38.0 Å². The van der Waals surface area contributed by atoms with Crippen LogP contribution < -0.4 is 5.32 Å². The standard InChI is InChI=1S/C13H25NO/c1-10-4-3-5-13(8-10)14-9-12-6-7-15-11(12)2/h10-14H,3-9H2,1-2H3. The van der Waals surface area contributed by atoms with Crippen LogP contribution in [0.3, 0.4) is 0 Å². The van der Waals surface area contributed by atoms with Crippen molar-refractivity contribution < 1.29 is 4.74 Å². The number of hydrogen-bond donors (Lipinski definition) is 1. The van der Waals surface area contributed by atoms with E-state index < -0.39 is 0 Å². The lowest BCUT2D eigenvalue weighted by atomic mass is 9.87. The second-order valence-corrected chi connectivity index (χ2v) is 5.50. The molecule has 4 unspecified atom stereocenters. The van der Waals surface area contributed by atoms with E-state index in [1.165, 1.54) is 38.6 Å². The first kappa shape index (κ1) is 11.4. The minimum Gasteiger partial charge on any atom is -0.378 e. The van der Waals surface area contributed by atoms with Gasteiger partial charge in [-0.2, -0.15) is 0 Å². The minimum atomic E-state index is 0.471. The van der Waals surface area contributed by atoms with E-state index in [1.807, 2.05) is 0 Å². The van der Waals surface area contributed by atoms with Crippen LogP contribution in [-0.2, 0) is 4.74 Å². The van der Waals surface area contributed by atoms with Gasteiger partial charge in [-0.1, -0.05) is 19.8 Å². The van der Waals surface area contributed by atoms with Crippen molar-refractivity contribution >= 4 is 0 Å². The molecule has 1 aliphatic heterocycles. The Labute approximate surface area is 93.8 Å². The molecule has 0 aromatic rings. The van der Waals surface area contributed by atoms with E-state index in [0.29, 0.717) is 6.10 Å². The molecule has 0 radical (unpaired) electrons. The fraction of sp³-hybridized carbons (Fsp3) is 1.00. The van der Waals surface area contributed by atoms with Crippen molar-refractivity contribution in [2.24, 2.45) is 11.8 Å². The van der Waals surface area contributed by atoms with Gasteiger partial charge in [-0.25, -0.2) is 0 Å². The van der Waals surface area contributed by atoms with E-state index in [9.17, 15) is 0 Å². The van der Waals surface area contributed by atoms with Crippen LogP contribution in [0.25, 0.3) is 0 Å². The lowest BCUT2D eigenvalue weighted by Crippen LogP contribution is -2.38. The van der Waals surface area contributed by atoms with E-state index in [4.69, 9.17) is 4.74 Å². The van der Waals surface area contributed by atoms with E-state index in [1.54, 1.807) is 0 Å². The fourth-order valence-electron chi connectivity index (χ4n) is 2.98. The van der Waals surface area contributed by atoms with Crippen molar-refractivity contribution in [3.05, 3.63) is 0 Å². The van der Waals surface area contributed by atoms with Gasteiger partial charge in [0.05, 0.1) is 6.10 Å². The monoisotopic (exact) mass is 211 g/mol. The van der Waals surface area contributed by atoms with E-state index in [0.717, 1.165) is 24.5 Å². The minimum absolute atomic E-state index is 0.471. The number of hydrogen-bond acceptors (Lipinski definition) is 2. The summed E-state index contributed by atoms with van der Waals surface area (Å²) in [6.45, 7) is 6.73. The zero-order valence-electron chi connectivity index (χ0n) is 10.2. The molecule has 4 atom stereocenters. The lowest BCUT2D eigenvalue weighted by Gasteiger charge is -2.29. The van der Waals surface area contributed by atoms with Crippen LogP contribution >= 0.6 is 0 Å². The van der Waals surface area contributed by atoms with Crippen molar-refractivity contribution in [2.45, 2.75) is 58.1 Å². The van der Waals surface area contributed by atoms with Gasteiger partial charge in [0.25, 0.3) is 0 Å². The molecule has 0 spiro atoms. The van der Waals surface area contributed by atoms with Crippen molar-refractivity contribution in [1.82, 2.24) is 5.32 Å². The molecule has 1 saturated heterocycles. The normalized spacial score (nSPS) is 42.0. The molecule has 0 bridgehead atoms. The Morgan fingerprint density at radius 3 is 2.73 bits per heavy atom. The Kier molecular flexibility index (Phi) is 4.04. The first-order chi connectivity index (χ1) is 7.25. The summed E-state index contributed by atoms with van der Waals surface area (Å²) in [5.74, 6) is 1.68. The highest BCUT2D eigenvalue weighted by Gasteiger charge is 2.25. The smallest absolute Gasteiger partial charge is 0.0588 e. The molecule has 1 heterocycles. The van der Waals surface area contributed by atoms with Crippen molar-refractivity contribution in [3.63, 3.8) is 0 Å². The second-order valence-electron chi connectivity index (χ2n) is 5.50. The number of rotatable bonds is 3. The van der Waals surface area contributed by atoms with Gasteiger partial charge < -0.3 is 10.1 Å². The van der Waals surface area contributed by atoms with Crippen LogP contribution in [0, 0.1) is 11.8 Å². The zero-order chi connectivity index (χ0) is 10.7. The van der Waals surface area contributed by atoms with Crippen LogP contribution in [-0.4, -0.2) is 25.3 Å². The molecule has 15 heavy (non-hydrogen) atoms. The van der Waals surface area contributed by atoms with Crippen LogP contribution in [0.5, 0.6) is 0 Å². The molecular formula is C13H25NO. The first-order valence-electron chi connectivity index (χ1n) is 6.60. The lowest BCUT2D eigenvalue weighted by molar-refractivity contribution is 0.104. The van der Waals surface area contributed by atoms with Gasteiger partial charge in [-0.3, -0.25) is 0 Å². The van der Waals surface area contributed by atoms with Gasteiger partial charge >= 0.3 is 0 Å². The molecule has 1 saturated carbocycles. The molecule has 2 nitrogen and oxygen atoms in total. The molecule has 0 amide bonds. The maximum absolute atomic E-state index is 5.59. The second kappa shape index (κ2) is 5.31. The summed E-state index contributed by atoms with van der Waals surface area (Å²) >= 11 is 0. The van der Waals surface area contributed by atoms with Crippen LogP contribution in [0.2, 0.25) is 0 Å². The third-order valence-electron chi connectivity index (χ3n) is 4.14. The Bertz CT molecular complexity index is 195. The van der Waals surface area contributed by atoms with Gasteiger partial charge in [0.2, 0.25) is 0 Å². The predicted octanol–water partition coefficient (Wildman–Crippen LogP) is 2.58. The Hall–Kier alpha value is -0.0800. The van der Waals surface area contributed by atoms with E-state index in [-0.39, 0.29) is 0 Å². The van der Waals surface area contributed by atoms with E-state index in [2.05, 4.69) is 19.2 Å². The van der Waals surface area contributed by atoms with Crippen LogP contribution in [0.4, 0.5) is 0 Å². The molecule has 2 fully saturated rings. The van der Waals surface area contributed by atoms with Crippen molar-refractivity contribution in [2.75, 3.05) is 13.2 Å². The summed E-state index contributed by atoms with van der Waals surface area (Å²) in [6, 6.07) is 0.779. The molecule has 0 aromatic heterocycles. The Morgan fingerprint density at radius 1 is 1.20 bits per heavy atom. The molecule has 2 heteroatoms. The third-order valence-corrected chi connectivity index (χ3v) is 4.14. The molecule has 88 valence electrons. The van der Waals surface area contributed by atoms with Crippen molar-refractivity contribution in [3.8, 4) is 0 Å². The molecule has 1 N–H and O–H groups in total. The van der Waals surface area contributed by atoms with E-state index >= 15 is 0 Å². The van der Waals surface area contributed by atoms with Gasteiger partial charge in [0.1, 0.15) is 0 Å². The highest BCUT2D eigenvalue weighted by atomic mass is 16.5. The Balaban J connectivity index is 1.68. The average Bonchev–Trinajstić information content (AvgIpc) is 2.61. The Morgan fingerprint density at radius 2 is 2.07 bits per heavy atom. The van der Waals surface area contributed by atoms with Gasteiger partial charge in [0, 0.05) is 19.2 Å². The maximum atomic E-state index is 5.59. The fourth-order valence-corrected chi connectivity index (χ4v) is 2.98. The summed E-state index contributed by atoms with van der Waals surface area (Å²) in [7, 11) is 0. The quantitative estimate of drug-likeness (QED) is 0.774. The first-order valence-corrected chi connectivity index (χ1v) is 6.60. The summed E-state index contributed by atoms with van der Waals surface area (Å²) in [4.78, 5) is 0. The van der Waals surface area contributed by atoms with Gasteiger partial charge in [0.15, 0.2) is 0 Å². The summed E-state index contributed by atoms with van der Waals surface area (Å²) in [5, 5.41) is 3.74. The number of nitrogens with one attached hydrogen (secondary N) is 1. The highest BCUT2D eigenvalue weighted by Crippen LogP contribution is 2.25. The highest BCUT2D eigenvalue weighted by molar-refractivity contribution is 4.80. The SMILES string of the molecule is CC1CCCC(NCC2CCOC2C)C1. The molecular weight excluding hydrogens is 186 g/mol. The summed E-state index contributed by atoms with van der Waals surface area (Å²) in [5.41, 5.74) is 0. The van der Waals surface area contributed by atoms with Crippen molar-refractivity contribution in [1.29, 1.82) is 0 Å². The average molecular weight is 211 g/mol. The predicted molar refractivity (Wildman–Crippen MR) is 62.9 cm³/mol. The third kappa shape index (κ3) is 3.18. The zero-order valence-corrected chi connectivity index (χ0v) is 10.2. The van der Waals surface area contributed by atoms with Crippen LogP contribution in [0.15, 0.2) is 0 Å². The molecule has 2 rings (SSSR count). The largest absolute Gasteiger partial charge is 0.378 e. The maximum Gasteiger partial charge on any atom is 0.0588 e. The summed E-state index contributed by atoms with van der Waals surface area (Å²) < 4.78 is 5.59. The molecule has 2 aliphatic rings.